The second-order valence-corrected chi connectivity index (χ2v) is 5.99. The summed E-state index contributed by atoms with van der Waals surface area (Å²) in [6.45, 7) is 0. The van der Waals surface area contributed by atoms with Crippen molar-refractivity contribution in [3.8, 4) is 11.4 Å². The molecule has 7 nitrogen and oxygen atoms in total. The lowest BCUT2D eigenvalue weighted by molar-refractivity contribution is 0.889. The lowest BCUT2D eigenvalue weighted by Gasteiger charge is -2.00. The summed E-state index contributed by atoms with van der Waals surface area (Å²) in [6, 6.07) is 10.9. The Kier molecular flexibility index (Phi) is 3.80. The third kappa shape index (κ3) is 2.91. The number of thioether (sulfide) groups is 1. The summed E-state index contributed by atoms with van der Waals surface area (Å²) in [7, 11) is 0. The lowest BCUT2D eigenvalue weighted by atomic mass is 10.3. The Morgan fingerprint density at radius 3 is 2.88 bits per heavy atom. The average molecular weight is 336 g/mol. The van der Waals surface area contributed by atoms with E-state index in [1.165, 1.54) is 22.3 Å². The Morgan fingerprint density at radius 1 is 1.12 bits per heavy atom. The van der Waals surface area contributed by atoms with E-state index in [9.17, 15) is 4.79 Å². The standard InChI is InChI=1S/C16H12N6OS/c23-14-8-12(10-24-13-5-1-2-7-18-13)19-16-20-15(21-22(14)16)11-4-3-6-17-9-11/h1-9H,10H2,(H,19,20,21). The molecule has 0 aromatic carbocycles. The van der Waals surface area contributed by atoms with Crippen molar-refractivity contribution < 1.29 is 0 Å². The molecule has 0 amide bonds. The molecule has 24 heavy (non-hydrogen) atoms. The maximum absolute atomic E-state index is 12.3. The quantitative estimate of drug-likeness (QED) is 0.575. The van der Waals surface area contributed by atoms with Gasteiger partial charge >= 0.3 is 0 Å². The van der Waals surface area contributed by atoms with Crippen molar-refractivity contribution >= 4 is 17.5 Å². The molecule has 0 aliphatic heterocycles. The van der Waals surface area contributed by atoms with Crippen LogP contribution in [0.15, 0.2) is 64.8 Å². The Labute approximate surface area is 140 Å². The molecule has 1 N–H and O–H groups in total. The van der Waals surface area contributed by atoms with Crippen molar-refractivity contribution in [1.82, 2.24) is 29.5 Å². The molecule has 4 aromatic heterocycles. The zero-order chi connectivity index (χ0) is 16.4. The number of nitrogens with zero attached hydrogens (tertiary/aromatic N) is 5. The summed E-state index contributed by atoms with van der Waals surface area (Å²) >= 11 is 1.52. The summed E-state index contributed by atoms with van der Waals surface area (Å²) in [4.78, 5) is 29.4. The van der Waals surface area contributed by atoms with E-state index in [2.05, 4.69) is 25.0 Å². The molecule has 4 heterocycles. The van der Waals surface area contributed by atoms with E-state index < -0.39 is 0 Å². The minimum absolute atomic E-state index is 0.195. The minimum Gasteiger partial charge on any atom is -0.271 e. The first-order valence-electron chi connectivity index (χ1n) is 7.22. The third-order valence-corrected chi connectivity index (χ3v) is 4.30. The van der Waals surface area contributed by atoms with Crippen molar-refractivity contribution in [2.45, 2.75) is 10.8 Å². The summed E-state index contributed by atoms with van der Waals surface area (Å²) in [5.74, 6) is 1.46. The monoisotopic (exact) mass is 336 g/mol. The zero-order valence-corrected chi connectivity index (χ0v) is 13.3. The van der Waals surface area contributed by atoms with Crippen LogP contribution in [-0.2, 0) is 5.75 Å². The first kappa shape index (κ1) is 14.6. The molecule has 0 aliphatic carbocycles. The first-order valence-corrected chi connectivity index (χ1v) is 8.21. The van der Waals surface area contributed by atoms with E-state index in [1.54, 1.807) is 18.6 Å². The van der Waals surface area contributed by atoms with Crippen LogP contribution in [0.3, 0.4) is 0 Å². The molecule has 0 atom stereocenters. The SMILES string of the molecule is O=c1cc(CSc2ccccn2)nc2nc(-c3cccnc3)[nH]n12. The molecule has 0 spiro atoms. The summed E-state index contributed by atoms with van der Waals surface area (Å²) in [5.41, 5.74) is 1.27. The van der Waals surface area contributed by atoms with Crippen LogP contribution < -0.4 is 5.56 Å². The van der Waals surface area contributed by atoms with Crippen LogP contribution in [0, 0.1) is 0 Å². The second kappa shape index (κ2) is 6.25. The fraction of sp³-hybridized carbons (Fsp3) is 0.0625. The molecule has 0 fully saturated rings. The Balaban J connectivity index is 1.66. The van der Waals surface area contributed by atoms with E-state index >= 15 is 0 Å². The van der Waals surface area contributed by atoms with Crippen molar-refractivity contribution in [2.24, 2.45) is 0 Å². The number of pyridine rings is 2. The molecule has 8 heteroatoms. The molecule has 0 bridgehead atoms. The van der Waals surface area contributed by atoms with Gasteiger partial charge in [0.25, 0.3) is 11.3 Å². The third-order valence-electron chi connectivity index (χ3n) is 3.32. The van der Waals surface area contributed by atoms with Crippen LogP contribution in [0.2, 0.25) is 0 Å². The van der Waals surface area contributed by atoms with Crippen LogP contribution in [0.25, 0.3) is 17.2 Å². The van der Waals surface area contributed by atoms with Gasteiger partial charge in [-0.25, -0.2) is 9.97 Å². The highest BCUT2D eigenvalue weighted by Crippen LogP contribution is 2.19. The molecule has 0 saturated carbocycles. The summed E-state index contributed by atoms with van der Waals surface area (Å²) in [5, 5.41) is 3.84. The number of aromatic amines is 1. The number of hydrogen-bond acceptors (Lipinski definition) is 6. The average Bonchev–Trinajstić information content (AvgIpc) is 3.06. The molecule has 0 aliphatic rings. The number of hydrogen-bond donors (Lipinski definition) is 1. The van der Waals surface area contributed by atoms with Crippen LogP contribution in [0.4, 0.5) is 0 Å². The van der Waals surface area contributed by atoms with Gasteiger partial charge in [-0.2, -0.15) is 9.50 Å². The zero-order valence-electron chi connectivity index (χ0n) is 12.5. The molecule has 0 radical (unpaired) electrons. The fourth-order valence-electron chi connectivity index (χ4n) is 2.21. The topological polar surface area (TPSA) is 88.8 Å². The van der Waals surface area contributed by atoms with Gasteiger partial charge in [0.2, 0.25) is 0 Å². The molecule has 118 valence electrons. The lowest BCUT2D eigenvalue weighted by Crippen LogP contribution is -2.15. The summed E-state index contributed by atoms with van der Waals surface area (Å²) < 4.78 is 1.33. The highest BCUT2D eigenvalue weighted by atomic mass is 32.2. The molecular formula is C16H12N6OS. The van der Waals surface area contributed by atoms with Gasteiger partial charge in [0, 0.05) is 36.0 Å². The largest absolute Gasteiger partial charge is 0.274 e. The van der Waals surface area contributed by atoms with Gasteiger partial charge in [-0.1, -0.05) is 6.07 Å². The van der Waals surface area contributed by atoms with Crippen molar-refractivity contribution in [3.05, 3.63) is 71.0 Å². The number of rotatable bonds is 4. The second-order valence-electron chi connectivity index (χ2n) is 4.99. The highest BCUT2D eigenvalue weighted by Gasteiger charge is 2.10. The number of fused-ring (bicyclic) bond motifs is 1. The van der Waals surface area contributed by atoms with E-state index in [-0.39, 0.29) is 5.56 Å². The van der Waals surface area contributed by atoms with Crippen LogP contribution >= 0.6 is 11.8 Å². The Bertz CT molecular complexity index is 1030. The summed E-state index contributed by atoms with van der Waals surface area (Å²) in [6.07, 6.45) is 5.10. The normalized spacial score (nSPS) is 11.0. The number of aromatic nitrogens is 6. The van der Waals surface area contributed by atoms with Gasteiger partial charge in [-0.3, -0.25) is 14.9 Å². The highest BCUT2D eigenvalue weighted by molar-refractivity contribution is 7.98. The molecule has 0 saturated heterocycles. The predicted octanol–water partition coefficient (Wildman–Crippen LogP) is 2.17. The maximum Gasteiger partial charge on any atom is 0.274 e. The molecule has 4 aromatic rings. The van der Waals surface area contributed by atoms with Crippen molar-refractivity contribution in [2.75, 3.05) is 0 Å². The van der Waals surface area contributed by atoms with Gasteiger partial charge in [0.1, 0.15) is 0 Å². The molecule has 0 unspecified atom stereocenters. The smallest absolute Gasteiger partial charge is 0.271 e. The van der Waals surface area contributed by atoms with E-state index in [1.807, 2.05) is 30.3 Å². The van der Waals surface area contributed by atoms with Gasteiger partial charge in [-0.05, 0) is 24.3 Å². The van der Waals surface area contributed by atoms with Gasteiger partial charge < -0.3 is 0 Å². The first-order chi connectivity index (χ1) is 11.8. The van der Waals surface area contributed by atoms with E-state index in [4.69, 9.17) is 0 Å². The Morgan fingerprint density at radius 2 is 2.08 bits per heavy atom. The van der Waals surface area contributed by atoms with E-state index in [0.717, 1.165) is 10.6 Å². The maximum atomic E-state index is 12.3. The van der Waals surface area contributed by atoms with Gasteiger partial charge in [-0.15, -0.1) is 11.8 Å². The Hall–Kier alpha value is -3.00. The number of nitrogens with one attached hydrogen (secondary N) is 1. The molecular weight excluding hydrogens is 324 g/mol. The number of H-pyrrole nitrogens is 1. The van der Waals surface area contributed by atoms with Crippen LogP contribution in [0.5, 0.6) is 0 Å². The van der Waals surface area contributed by atoms with E-state index in [0.29, 0.717) is 23.0 Å². The van der Waals surface area contributed by atoms with Crippen LogP contribution in [-0.4, -0.2) is 29.5 Å². The molecule has 4 rings (SSSR count). The predicted molar refractivity (Wildman–Crippen MR) is 90.6 cm³/mol. The van der Waals surface area contributed by atoms with Crippen molar-refractivity contribution in [1.29, 1.82) is 0 Å². The van der Waals surface area contributed by atoms with Crippen molar-refractivity contribution in [3.63, 3.8) is 0 Å². The minimum atomic E-state index is -0.195. The fourth-order valence-corrected chi connectivity index (χ4v) is 2.97. The van der Waals surface area contributed by atoms with Gasteiger partial charge in [0.15, 0.2) is 5.82 Å². The van der Waals surface area contributed by atoms with Gasteiger partial charge in [0.05, 0.1) is 10.7 Å². The van der Waals surface area contributed by atoms with Crippen LogP contribution in [0.1, 0.15) is 5.69 Å².